The van der Waals surface area contributed by atoms with Crippen molar-refractivity contribution in [1.29, 1.82) is 0 Å². The largest absolute Gasteiger partial charge is 0.398 e. The number of carbonyl (C=O) groups excluding carboxylic acids is 1. The van der Waals surface area contributed by atoms with E-state index in [-0.39, 0.29) is 5.91 Å². The molecule has 0 fully saturated rings. The summed E-state index contributed by atoms with van der Waals surface area (Å²) in [5.74, 6) is -0.237. The van der Waals surface area contributed by atoms with Crippen LogP contribution in [0.4, 0.5) is 11.4 Å². The highest BCUT2D eigenvalue weighted by molar-refractivity contribution is 6.03. The first-order chi connectivity index (χ1) is 8.60. The van der Waals surface area contributed by atoms with Crippen LogP contribution in [-0.2, 0) is 13.5 Å². The van der Waals surface area contributed by atoms with Gasteiger partial charge in [0.25, 0.3) is 5.91 Å². The number of nitrogens with one attached hydrogen (secondary N) is 1. The van der Waals surface area contributed by atoms with E-state index in [0.29, 0.717) is 17.1 Å². The van der Waals surface area contributed by atoms with Crippen molar-refractivity contribution in [2.75, 3.05) is 11.1 Å². The first-order valence-electron chi connectivity index (χ1n) is 5.79. The molecule has 0 aliphatic rings. The Morgan fingerprint density at radius 3 is 2.78 bits per heavy atom. The van der Waals surface area contributed by atoms with Gasteiger partial charge in [-0.25, -0.2) is 0 Å². The van der Waals surface area contributed by atoms with Gasteiger partial charge < -0.3 is 11.1 Å². The van der Waals surface area contributed by atoms with Crippen molar-refractivity contribution in [3.63, 3.8) is 0 Å². The number of hydrogen-bond acceptors (Lipinski definition) is 3. The number of aryl methyl sites for hydroxylation is 2. The average molecular weight is 244 g/mol. The number of amides is 1. The third-order valence-electron chi connectivity index (χ3n) is 2.73. The molecule has 1 aromatic carbocycles. The van der Waals surface area contributed by atoms with E-state index in [1.54, 1.807) is 30.1 Å². The van der Waals surface area contributed by atoms with E-state index in [1.165, 1.54) is 0 Å². The fourth-order valence-corrected chi connectivity index (χ4v) is 1.73. The van der Waals surface area contributed by atoms with E-state index in [9.17, 15) is 4.79 Å². The lowest BCUT2D eigenvalue weighted by molar-refractivity contribution is 0.102. The predicted molar refractivity (Wildman–Crippen MR) is 71.4 cm³/mol. The summed E-state index contributed by atoms with van der Waals surface area (Å²) in [6.07, 6.45) is 2.60. The lowest BCUT2D eigenvalue weighted by Gasteiger charge is -2.07. The summed E-state index contributed by atoms with van der Waals surface area (Å²) < 4.78 is 1.59. The maximum absolute atomic E-state index is 11.9. The van der Waals surface area contributed by atoms with Gasteiger partial charge in [0.1, 0.15) is 0 Å². The molecule has 5 nitrogen and oxygen atoms in total. The minimum absolute atomic E-state index is 0.237. The third kappa shape index (κ3) is 2.51. The van der Waals surface area contributed by atoms with E-state index in [4.69, 9.17) is 5.73 Å². The first-order valence-corrected chi connectivity index (χ1v) is 5.79. The number of benzene rings is 1. The normalized spacial score (nSPS) is 10.3. The van der Waals surface area contributed by atoms with Crippen molar-refractivity contribution in [1.82, 2.24) is 9.78 Å². The predicted octanol–water partition coefficient (Wildman–Crippen LogP) is 1.82. The quantitative estimate of drug-likeness (QED) is 0.809. The number of rotatable bonds is 3. The molecule has 0 saturated carbocycles. The molecule has 5 heteroatoms. The average Bonchev–Trinajstić information content (AvgIpc) is 2.76. The molecule has 0 bridgehead atoms. The molecule has 18 heavy (non-hydrogen) atoms. The molecule has 0 aliphatic carbocycles. The molecule has 1 amide bonds. The second kappa shape index (κ2) is 4.91. The van der Waals surface area contributed by atoms with Gasteiger partial charge >= 0.3 is 0 Å². The van der Waals surface area contributed by atoms with Gasteiger partial charge in [0, 0.05) is 24.6 Å². The maximum Gasteiger partial charge on any atom is 0.276 e. The Labute approximate surface area is 106 Å². The highest BCUT2D eigenvalue weighted by atomic mass is 16.1. The lowest BCUT2D eigenvalue weighted by atomic mass is 10.1. The summed E-state index contributed by atoms with van der Waals surface area (Å²) >= 11 is 0. The number of aromatic nitrogens is 2. The van der Waals surface area contributed by atoms with Crippen LogP contribution >= 0.6 is 0 Å². The molecule has 2 rings (SSSR count). The summed E-state index contributed by atoms with van der Waals surface area (Å²) in [4.78, 5) is 11.9. The molecule has 2 aromatic rings. The van der Waals surface area contributed by atoms with Crippen molar-refractivity contribution in [2.24, 2.45) is 7.05 Å². The molecule has 94 valence electrons. The van der Waals surface area contributed by atoms with E-state index in [1.807, 2.05) is 19.1 Å². The zero-order chi connectivity index (χ0) is 13.1. The van der Waals surface area contributed by atoms with E-state index in [0.717, 1.165) is 12.0 Å². The second-order valence-electron chi connectivity index (χ2n) is 4.10. The summed E-state index contributed by atoms with van der Waals surface area (Å²) in [6.45, 7) is 2.04. The number of anilines is 2. The van der Waals surface area contributed by atoms with Crippen molar-refractivity contribution >= 4 is 17.3 Å². The molecule has 0 atom stereocenters. The van der Waals surface area contributed by atoms with Crippen LogP contribution in [0.2, 0.25) is 0 Å². The van der Waals surface area contributed by atoms with Crippen LogP contribution in [-0.4, -0.2) is 15.7 Å². The standard InChI is InChI=1S/C13H16N4O/c1-3-9-4-5-10(8-11(9)14)15-13(18)12-6-7-17(2)16-12/h4-8H,3,14H2,1-2H3,(H,15,18). The summed E-state index contributed by atoms with van der Waals surface area (Å²) in [5.41, 5.74) is 8.71. The molecule has 0 unspecified atom stereocenters. The minimum Gasteiger partial charge on any atom is -0.398 e. The fourth-order valence-electron chi connectivity index (χ4n) is 1.73. The molecular weight excluding hydrogens is 228 g/mol. The van der Waals surface area contributed by atoms with E-state index >= 15 is 0 Å². The number of carbonyl (C=O) groups is 1. The van der Waals surface area contributed by atoms with E-state index < -0.39 is 0 Å². The molecule has 0 saturated heterocycles. The van der Waals surface area contributed by atoms with Crippen LogP contribution < -0.4 is 11.1 Å². The topological polar surface area (TPSA) is 72.9 Å². The van der Waals surface area contributed by atoms with Crippen LogP contribution in [0.3, 0.4) is 0 Å². The van der Waals surface area contributed by atoms with Gasteiger partial charge in [-0.15, -0.1) is 0 Å². The monoisotopic (exact) mass is 244 g/mol. The Hall–Kier alpha value is -2.30. The summed E-state index contributed by atoms with van der Waals surface area (Å²) in [7, 11) is 1.77. The minimum atomic E-state index is -0.237. The Balaban J connectivity index is 2.14. The summed E-state index contributed by atoms with van der Waals surface area (Å²) in [6, 6.07) is 7.19. The number of nitrogens with zero attached hydrogens (tertiary/aromatic N) is 2. The Morgan fingerprint density at radius 1 is 1.44 bits per heavy atom. The highest BCUT2D eigenvalue weighted by Gasteiger charge is 2.09. The number of nitrogen functional groups attached to an aromatic ring is 1. The van der Waals surface area contributed by atoms with Gasteiger partial charge in [-0.05, 0) is 30.2 Å². The molecular formula is C13H16N4O. The molecule has 3 N–H and O–H groups in total. The third-order valence-corrected chi connectivity index (χ3v) is 2.73. The molecule has 0 radical (unpaired) electrons. The highest BCUT2D eigenvalue weighted by Crippen LogP contribution is 2.18. The SMILES string of the molecule is CCc1ccc(NC(=O)c2ccn(C)n2)cc1N. The second-order valence-corrected chi connectivity index (χ2v) is 4.10. The van der Waals surface area contributed by atoms with Gasteiger partial charge in [0.05, 0.1) is 0 Å². The first kappa shape index (κ1) is 12.2. The maximum atomic E-state index is 11.9. The van der Waals surface area contributed by atoms with Crippen molar-refractivity contribution in [3.05, 3.63) is 41.7 Å². The van der Waals surface area contributed by atoms with Gasteiger partial charge in [0.15, 0.2) is 5.69 Å². The smallest absolute Gasteiger partial charge is 0.276 e. The van der Waals surface area contributed by atoms with Crippen molar-refractivity contribution in [2.45, 2.75) is 13.3 Å². The Bertz CT molecular complexity index is 574. The van der Waals surface area contributed by atoms with Crippen LogP contribution in [0.1, 0.15) is 23.0 Å². The van der Waals surface area contributed by atoms with E-state index in [2.05, 4.69) is 10.4 Å². The zero-order valence-corrected chi connectivity index (χ0v) is 10.5. The van der Waals surface area contributed by atoms with Gasteiger partial charge in [-0.1, -0.05) is 13.0 Å². The van der Waals surface area contributed by atoms with Gasteiger partial charge in [-0.2, -0.15) is 5.10 Å². The molecule has 1 heterocycles. The number of nitrogens with two attached hydrogens (primary N) is 1. The molecule has 0 spiro atoms. The molecule has 1 aromatic heterocycles. The zero-order valence-electron chi connectivity index (χ0n) is 10.5. The fraction of sp³-hybridized carbons (Fsp3) is 0.231. The van der Waals surface area contributed by atoms with Crippen LogP contribution in [0.25, 0.3) is 0 Å². The Kier molecular flexibility index (Phi) is 3.32. The van der Waals surface area contributed by atoms with Crippen molar-refractivity contribution < 1.29 is 4.79 Å². The Morgan fingerprint density at radius 2 is 2.22 bits per heavy atom. The van der Waals surface area contributed by atoms with Crippen LogP contribution in [0.15, 0.2) is 30.5 Å². The van der Waals surface area contributed by atoms with Crippen LogP contribution in [0.5, 0.6) is 0 Å². The molecule has 0 aliphatic heterocycles. The van der Waals surface area contributed by atoms with Crippen LogP contribution in [0, 0.1) is 0 Å². The van der Waals surface area contributed by atoms with Crippen molar-refractivity contribution in [3.8, 4) is 0 Å². The lowest BCUT2D eigenvalue weighted by Crippen LogP contribution is -2.13. The summed E-state index contributed by atoms with van der Waals surface area (Å²) in [5, 5.41) is 6.81. The van der Waals surface area contributed by atoms with Gasteiger partial charge in [-0.3, -0.25) is 9.48 Å². The van der Waals surface area contributed by atoms with Gasteiger partial charge in [0.2, 0.25) is 0 Å². The number of hydrogen-bond donors (Lipinski definition) is 2.